The zero-order chi connectivity index (χ0) is 12.7. The van der Waals surface area contributed by atoms with Crippen LogP contribution in [0, 0.1) is 5.92 Å². The highest BCUT2D eigenvalue weighted by Crippen LogP contribution is 2.27. The molecule has 0 aliphatic carbocycles. The van der Waals surface area contributed by atoms with Crippen LogP contribution in [0.1, 0.15) is 59.8 Å². The van der Waals surface area contributed by atoms with E-state index in [4.69, 9.17) is 0 Å². The van der Waals surface area contributed by atoms with Gasteiger partial charge in [0.25, 0.3) is 0 Å². The molecule has 1 rings (SSSR count). The Labute approximate surface area is 108 Å². The Kier molecular flexibility index (Phi) is 7.14. The highest BCUT2D eigenvalue weighted by molar-refractivity contribution is 4.84. The third-order valence-electron chi connectivity index (χ3n) is 4.08. The molecule has 17 heavy (non-hydrogen) atoms. The molecule has 1 N–H and O–H groups in total. The molecule has 0 saturated carbocycles. The van der Waals surface area contributed by atoms with E-state index in [0.29, 0.717) is 0 Å². The van der Waals surface area contributed by atoms with Crippen LogP contribution in [0.15, 0.2) is 0 Å². The van der Waals surface area contributed by atoms with Crippen molar-refractivity contribution < 1.29 is 0 Å². The second-order valence-corrected chi connectivity index (χ2v) is 5.93. The normalized spacial score (nSPS) is 23.5. The fraction of sp³-hybridized carbons (Fsp3) is 1.00. The van der Waals surface area contributed by atoms with Gasteiger partial charge in [0.1, 0.15) is 0 Å². The average molecular weight is 240 g/mol. The largest absolute Gasteiger partial charge is 0.317 e. The van der Waals surface area contributed by atoms with Gasteiger partial charge in [-0.25, -0.2) is 0 Å². The van der Waals surface area contributed by atoms with Gasteiger partial charge >= 0.3 is 0 Å². The summed E-state index contributed by atoms with van der Waals surface area (Å²) in [5, 5.41) is 3.50. The van der Waals surface area contributed by atoms with Crippen molar-refractivity contribution in [3.8, 4) is 0 Å². The SMILES string of the molecule is CCCNCCCC(C)N1CCCC1C(C)C. The van der Waals surface area contributed by atoms with E-state index in [1.54, 1.807) is 0 Å². The molecule has 2 atom stereocenters. The van der Waals surface area contributed by atoms with Crippen molar-refractivity contribution in [3.05, 3.63) is 0 Å². The Morgan fingerprint density at radius 1 is 1.24 bits per heavy atom. The summed E-state index contributed by atoms with van der Waals surface area (Å²) in [6, 6.07) is 1.61. The van der Waals surface area contributed by atoms with E-state index in [1.807, 2.05) is 0 Å². The molecule has 1 saturated heterocycles. The molecule has 2 heteroatoms. The molecule has 1 aliphatic rings. The van der Waals surface area contributed by atoms with Crippen LogP contribution < -0.4 is 5.32 Å². The number of nitrogens with one attached hydrogen (secondary N) is 1. The Balaban J connectivity index is 2.20. The lowest BCUT2D eigenvalue weighted by atomic mass is 10.00. The van der Waals surface area contributed by atoms with Crippen LogP contribution in [0.2, 0.25) is 0 Å². The van der Waals surface area contributed by atoms with Gasteiger partial charge in [0.05, 0.1) is 0 Å². The van der Waals surface area contributed by atoms with Crippen molar-refractivity contribution in [1.82, 2.24) is 10.2 Å². The van der Waals surface area contributed by atoms with Gasteiger partial charge < -0.3 is 5.32 Å². The fourth-order valence-corrected chi connectivity index (χ4v) is 3.07. The van der Waals surface area contributed by atoms with Gasteiger partial charge in [0.2, 0.25) is 0 Å². The molecule has 1 heterocycles. The lowest BCUT2D eigenvalue weighted by Gasteiger charge is -2.33. The van der Waals surface area contributed by atoms with E-state index in [9.17, 15) is 0 Å². The topological polar surface area (TPSA) is 15.3 Å². The summed E-state index contributed by atoms with van der Waals surface area (Å²) in [5.74, 6) is 0.818. The number of likely N-dealkylation sites (tertiary alicyclic amines) is 1. The number of hydrogen-bond acceptors (Lipinski definition) is 2. The van der Waals surface area contributed by atoms with Crippen LogP contribution in [-0.2, 0) is 0 Å². The molecule has 1 aliphatic heterocycles. The second-order valence-electron chi connectivity index (χ2n) is 5.93. The van der Waals surface area contributed by atoms with Gasteiger partial charge in [0, 0.05) is 12.1 Å². The minimum atomic E-state index is 0.772. The summed E-state index contributed by atoms with van der Waals surface area (Å²) in [4.78, 5) is 2.75. The molecular weight excluding hydrogens is 208 g/mol. The number of nitrogens with zero attached hydrogens (tertiary/aromatic N) is 1. The predicted octanol–water partition coefficient (Wildman–Crippen LogP) is 3.28. The minimum Gasteiger partial charge on any atom is -0.317 e. The number of hydrogen-bond donors (Lipinski definition) is 1. The van der Waals surface area contributed by atoms with Crippen LogP contribution >= 0.6 is 0 Å². The van der Waals surface area contributed by atoms with Crippen molar-refractivity contribution >= 4 is 0 Å². The van der Waals surface area contributed by atoms with Crippen LogP contribution in [0.3, 0.4) is 0 Å². The van der Waals surface area contributed by atoms with Gasteiger partial charge in [-0.3, -0.25) is 4.90 Å². The summed E-state index contributed by atoms with van der Waals surface area (Å²) in [5.41, 5.74) is 0. The van der Waals surface area contributed by atoms with Crippen LogP contribution in [-0.4, -0.2) is 36.6 Å². The van der Waals surface area contributed by atoms with Gasteiger partial charge in [0.15, 0.2) is 0 Å². The van der Waals surface area contributed by atoms with E-state index in [0.717, 1.165) is 18.0 Å². The fourth-order valence-electron chi connectivity index (χ4n) is 3.07. The molecule has 0 spiro atoms. The maximum atomic E-state index is 3.50. The highest BCUT2D eigenvalue weighted by atomic mass is 15.2. The van der Waals surface area contributed by atoms with E-state index in [-0.39, 0.29) is 0 Å². The quantitative estimate of drug-likeness (QED) is 0.655. The molecule has 0 aromatic rings. The zero-order valence-electron chi connectivity index (χ0n) is 12.3. The average Bonchev–Trinajstić information content (AvgIpc) is 2.77. The van der Waals surface area contributed by atoms with Crippen molar-refractivity contribution in [2.24, 2.45) is 5.92 Å². The zero-order valence-corrected chi connectivity index (χ0v) is 12.3. The Morgan fingerprint density at radius 3 is 2.65 bits per heavy atom. The molecule has 2 nitrogen and oxygen atoms in total. The highest BCUT2D eigenvalue weighted by Gasteiger charge is 2.29. The first-order valence-corrected chi connectivity index (χ1v) is 7.63. The van der Waals surface area contributed by atoms with Gasteiger partial charge in [-0.2, -0.15) is 0 Å². The standard InChI is InChI=1S/C15H32N2/c1-5-10-16-11-6-8-14(4)17-12-7-9-15(17)13(2)3/h13-16H,5-12H2,1-4H3. The second kappa shape index (κ2) is 8.10. The molecule has 0 aromatic carbocycles. The van der Waals surface area contributed by atoms with Crippen molar-refractivity contribution in [3.63, 3.8) is 0 Å². The summed E-state index contributed by atoms with van der Waals surface area (Å²) in [6.45, 7) is 13.1. The summed E-state index contributed by atoms with van der Waals surface area (Å²) < 4.78 is 0. The van der Waals surface area contributed by atoms with Crippen LogP contribution in [0.25, 0.3) is 0 Å². The Morgan fingerprint density at radius 2 is 2.00 bits per heavy atom. The van der Waals surface area contributed by atoms with Crippen LogP contribution in [0.4, 0.5) is 0 Å². The smallest absolute Gasteiger partial charge is 0.0121 e. The molecule has 1 fully saturated rings. The number of rotatable bonds is 8. The van der Waals surface area contributed by atoms with E-state index >= 15 is 0 Å². The lowest BCUT2D eigenvalue weighted by Crippen LogP contribution is -2.40. The molecular formula is C15H32N2. The monoisotopic (exact) mass is 240 g/mol. The molecule has 0 amide bonds. The maximum absolute atomic E-state index is 3.50. The van der Waals surface area contributed by atoms with Gasteiger partial charge in [-0.05, 0) is 64.6 Å². The molecule has 102 valence electrons. The van der Waals surface area contributed by atoms with Crippen molar-refractivity contribution in [2.45, 2.75) is 71.9 Å². The van der Waals surface area contributed by atoms with Crippen molar-refractivity contribution in [1.29, 1.82) is 0 Å². The Hall–Kier alpha value is -0.0800. The Bertz CT molecular complexity index is 191. The van der Waals surface area contributed by atoms with Crippen molar-refractivity contribution in [2.75, 3.05) is 19.6 Å². The third kappa shape index (κ3) is 4.97. The van der Waals surface area contributed by atoms with Gasteiger partial charge in [-0.15, -0.1) is 0 Å². The first kappa shape index (κ1) is 15.0. The van der Waals surface area contributed by atoms with Gasteiger partial charge in [-0.1, -0.05) is 20.8 Å². The summed E-state index contributed by atoms with van der Waals surface area (Å²) >= 11 is 0. The lowest BCUT2D eigenvalue weighted by molar-refractivity contribution is 0.147. The molecule has 2 unspecified atom stereocenters. The molecule has 0 aromatic heterocycles. The summed E-state index contributed by atoms with van der Waals surface area (Å²) in [6.07, 6.45) is 6.73. The van der Waals surface area contributed by atoms with E-state index in [1.165, 1.54) is 51.7 Å². The predicted molar refractivity (Wildman–Crippen MR) is 76.4 cm³/mol. The third-order valence-corrected chi connectivity index (χ3v) is 4.08. The minimum absolute atomic E-state index is 0.772. The van der Waals surface area contributed by atoms with E-state index < -0.39 is 0 Å². The van der Waals surface area contributed by atoms with E-state index in [2.05, 4.69) is 37.9 Å². The molecule has 0 bridgehead atoms. The first-order valence-electron chi connectivity index (χ1n) is 7.63. The summed E-state index contributed by atoms with van der Waals surface area (Å²) in [7, 11) is 0. The molecule has 0 radical (unpaired) electrons. The maximum Gasteiger partial charge on any atom is 0.0121 e. The first-order chi connectivity index (χ1) is 8.16. The van der Waals surface area contributed by atoms with Crippen LogP contribution in [0.5, 0.6) is 0 Å².